The number of hydrogen-bond acceptors (Lipinski definition) is 3. The minimum absolute atomic E-state index is 0.127. The number of aliphatic hydroxyl groups excluding tert-OH is 1. The fourth-order valence-electron chi connectivity index (χ4n) is 3.97. The Morgan fingerprint density at radius 3 is 2.41 bits per heavy atom. The topological polar surface area (TPSA) is 55.8 Å². The van der Waals surface area contributed by atoms with Crippen LogP contribution in [0, 0.1) is 5.41 Å². The maximum atomic E-state index is 11.9. The molecule has 0 aromatic heterocycles. The van der Waals surface area contributed by atoms with Gasteiger partial charge in [0.1, 0.15) is 0 Å². The number of likely N-dealkylation sites (tertiary alicyclic amines) is 1. The molecule has 0 aromatic carbocycles. The minimum atomic E-state index is 0.127. The first kappa shape index (κ1) is 17.5. The second-order valence-electron chi connectivity index (χ2n) is 7.35. The molecule has 1 saturated heterocycles. The second-order valence-corrected chi connectivity index (χ2v) is 7.35. The van der Waals surface area contributed by atoms with Gasteiger partial charge in [-0.25, -0.2) is 4.79 Å². The Morgan fingerprint density at radius 1 is 1.23 bits per heavy atom. The Balaban J connectivity index is 1.76. The highest BCUT2D eigenvalue weighted by molar-refractivity contribution is 5.73. The van der Waals surface area contributed by atoms with Gasteiger partial charge in [-0.2, -0.15) is 0 Å². The molecule has 1 saturated carbocycles. The van der Waals surface area contributed by atoms with Gasteiger partial charge < -0.3 is 20.2 Å². The van der Waals surface area contributed by atoms with Gasteiger partial charge in [0.05, 0.1) is 0 Å². The average molecular weight is 311 g/mol. The third-order valence-corrected chi connectivity index (χ3v) is 5.47. The van der Waals surface area contributed by atoms with Crippen molar-refractivity contribution in [3.05, 3.63) is 0 Å². The molecule has 2 fully saturated rings. The molecule has 22 heavy (non-hydrogen) atoms. The number of amides is 2. The van der Waals surface area contributed by atoms with E-state index in [0.717, 1.165) is 38.9 Å². The van der Waals surface area contributed by atoms with Crippen LogP contribution in [0.1, 0.15) is 51.4 Å². The fourth-order valence-corrected chi connectivity index (χ4v) is 3.97. The SMILES string of the molecule is CN(C)C(=O)N1CCC(NCC2(CCO)CCCCC2)CC1. The van der Waals surface area contributed by atoms with E-state index in [4.69, 9.17) is 0 Å². The maximum absolute atomic E-state index is 11.9. The molecule has 1 aliphatic carbocycles. The predicted molar refractivity (Wildman–Crippen MR) is 88.9 cm³/mol. The molecule has 0 atom stereocenters. The van der Waals surface area contributed by atoms with Crippen molar-refractivity contribution in [2.45, 2.75) is 57.4 Å². The van der Waals surface area contributed by atoms with Crippen LogP contribution in [0.25, 0.3) is 0 Å². The summed E-state index contributed by atoms with van der Waals surface area (Å²) in [6, 6.07) is 0.645. The quantitative estimate of drug-likeness (QED) is 0.817. The third kappa shape index (κ3) is 4.59. The minimum Gasteiger partial charge on any atom is -0.396 e. The molecule has 2 amide bonds. The molecule has 0 unspecified atom stereocenters. The van der Waals surface area contributed by atoms with Crippen molar-refractivity contribution >= 4 is 6.03 Å². The van der Waals surface area contributed by atoms with Crippen LogP contribution in [-0.4, -0.2) is 67.3 Å². The van der Waals surface area contributed by atoms with E-state index >= 15 is 0 Å². The molecular weight excluding hydrogens is 278 g/mol. The lowest BCUT2D eigenvalue weighted by Gasteiger charge is -2.40. The fraction of sp³-hybridized carbons (Fsp3) is 0.941. The molecule has 5 nitrogen and oxygen atoms in total. The molecule has 2 rings (SSSR count). The standard InChI is InChI=1S/C17H33N3O2/c1-19(2)16(22)20-11-6-15(7-12-20)18-14-17(10-13-21)8-4-3-5-9-17/h15,18,21H,3-14H2,1-2H3. The Kier molecular flexibility index (Phi) is 6.50. The first-order chi connectivity index (χ1) is 10.6. The number of nitrogens with one attached hydrogen (secondary N) is 1. The van der Waals surface area contributed by atoms with Gasteiger partial charge in [0.2, 0.25) is 0 Å². The van der Waals surface area contributed by atoms with Gasteiger partial charge in [0, 0.05) is 46.4 Å². The van der Waals surface area contributed by atoms with Gasteiger partial charge in [-0.3, -0.25) is 0 Å². The van der Waals surface area contributed by atoms with Gasteiger partial charge in [-0.15, -0.1) is 0 Å². The summed E-state index contributed by atoms with van der Waals surface area (Å²) in [7, 11) is 3.63. The Hall–Kier alpha value is -0.810. The van der Waals surface area contributed by atoms with Crippen molar-refractivity contribution < 1.29 is 9.90 Å². The molecule has 128 valence electrons. The van der Waals surface area contributed by atoms with Crippen LogP contribution in [0.2, 0.25) is 0 Å². The van der Waals surface area contributed by atoms with Crippen molar-refractivity contribution in [1.82, 2.24) is 15.1 Å². The summed E-state index contributed by atoms with van der Waals surface area (Å²) < 4.78 is 0. The summed E-state index contributed by atoms with van der Waals surface area (Å²) in [4.78, 5) is 15.6. The summed E-state index contributed by atoms with van der Waals surface area (Å²) in [6.45, 7) is 3.03. The Morgan fingerprint density at radius 2 is 1.86 bits per heavy atom. The van der Waals surface area contributed by atoms with Crippen molar-refractivity contribution in [1.29, 1.82) is 0 Å². The van der Waals surface area contributed by atoms with Crippen LogP contribution in [0.3, 0.4) is 0 Å². The van der Waals surface area contributed by atoms with E-state index in [-0.39, 0.29) is 6.03 Å². The average Bonchev–Trinajstić information content (AvgIpc) is 2.54. The zero-order valence-corrected chi connectivity index (χ0v) is 14.3. The molecule has 0 aromatic rings. The Labute approximate surface area is 135 Å². The molecule has 2 N–H and O–H groups in total. The predicted octanol–water partition coefficient (Wildman–Crippen LogP) is 2.05. The number of aliphatic hydroxyl groups is 1. The lowest BCUT2D eigenvalue weighted by Crippen LogP contribution is -2.50. The van der Waals surface area contributed by atoms with Crippen LogP contribution in [-0.2, 0) is 0 Å². The summed E-state index contributed by atoms with van der Waals surface area (Å²) in [5.41, 5.74) is 0.309. The Bertz CT molecular complexity index is 340. The highest BCUT2D eigenvalue weighted by Crippen LogP contribution is 2.38. The van der Waals surface area contributed by atoms with Crippen molar-refractivity contribution in [2.24, 2.45) is 5.41 Å². The lowest BCUT2D eigenvalue weighted by molar-refractivity contribution is 0.113. The molecule has 0 spiro atoms. The normalized spacial score (nSPS) is 22.6. The van der Waals surface area contributed by atoms with Crippen molar-refractivity contribution in [2.75, 3.05) is 40.3 Å². The number of carbonyl (C=O) groups excluding carboxylic acids is 1. The van der Waals surface area contributed by atoms with Gasteiger partial charge in [0.15, 0.2) is 0 Å². The first-order valence-corrected chi connectivity index (χ1v) is 8.87. The third-order valence-electron chi connectivity index (χ3n) is 5.47. The van der Waals surface area contributed by atoms with Crippen LogP contribution in [0.4, 0.5) is 4.79 Å². The molecule has 2 aliphatic rings. The maximum Gasteiger partial charge on any atom is 0.319 e. The first-order valence-electron chi connectivity index (χ1n) is 8.87. The smallest absolute Gasteiger partial charge is 0.319 e. The van der Waals surface area contributed by atoms with E-state index < -0.39 is 0 Å². The summed E-state index contributed by atoms with van der Waals surface area (Å²) in [5, 5.41) is 13.1. The largest absolute Gasteiger partial charge is 0.396 e. The molecule has 0 radical (unpaired) electrons. The van der Waals surface area contributed by atoms with E-state index in [1.165, 1.54) is 32.1 Å². The van der Waals surface area contributed by atoms with Crippen LogP contribution in [0.5, 0.6) is 0 Å². The molecular formula is C17H33N3O2. The number of rotatable bonds is 5. The van der Waals surface area contributed by atoms with Gasteiger partial charge >= 0.3 is 6.03 Å². The molecule has 1 heterocycles. The number of carbonyl (C=O) groups is 1. The summed E-state index contributed by atoms with van der Waals surface area (Å²) in [5.74, 6) is 0. The van der Waals surface area contributed by atoms with Crippen molar-refractivity contribution in [3.8, 4) is 0 Å². The molecule has 0 bridgehead atoms. The van der Waals surface area contributed by atoms with Crippen LogP contribution < -0.4 is 5.32 Å². The van der Waals surface area contributed by atoms with Gasteiger partial charge in [-0.1, -0.05) is 19.3 Å². The van der Waals surface area contributed by atoms with E-state index in [1.807, 2.05) is 19.0 Å². The number of urea groups is 1. The van der Waals surface area contributed by atoms with E-state index in [1.54, 1.807) is 4.90 Å². The van der Waals surface area contributed by atoms with Crippen LogP contribution in [0.15, 0.2) is 0 Å². The zero-order valence-electron chi connectivity index (χ0n) is 14.3. The number of hydrogen-bond donors (Lipinski definition) is 2. The van der Waals surface area contributed by atoms with E-state index in [0.29, 0.717) is 18.1 Å². The summed E-state index contributed by atoms with van der Waals surface area (Å²) >= 11 is 0. The van der Waals surface area contributed by atoms with Crippen molar-refractivity contribution in [3.63, 3.8) is 0 Å². The zero-order chi connectivity index (χ0) is 16.0. The summed E-state index contributed by atoms with van der Waals surface area (Å²) in [6.07, 6.45) is 9.45. The lowest BCUT2D eigenvalue weighted by atomic mass is 9.71. The molecule has 1 aliphatic heterocycles. The van der Waals surface area contributed by atoms with Crippen LogP contribution >= 0.6 is 0 Å². The highest BCUT2D eigenvalue weighted by atomic mass is 16.3. The van der Waals surface area contributed by atoms with E-state index in [9.17, 15) is 9.90 Å². The van der Waals surface area contributed by atoms with E-state index in [2.05, 4.69) is 5.32 Å². The number of piperidine rings is 1. The second kappa shape index (κ2) is 8.16. The van der Waals surface area contributed by atoms with Gasteiger partial charge in [-0.05, 0) is 37.5 Å². The molecule has 5 heteroatoms. The number of nitrogens with zero attached hydrogens (tertiary/aromatic N) is 2. The highest BCUT2D eigenvalue weighted by Gasteiger charge is 2.32. The monoisotopic (exact) mass is 311 g/mol. The van der Waals surface area contributed by atoms with Gasteiger partial charge in [0.25, 0.3) is 0 Å².